The molecule has 1 saturated heterocycles. The molecule has 1 heterocycles. The second kappa shape index (κ2) is 7.10. The van der Waals surface area contributed by atoms with Gasteiger partial charge in [0, 0.05) is 30.9 Å². The number of rotatable bonds is 4. The Labute approximate surface area is 136 Å². The number of benzene rings is 1. The van der Waals surface area contributed by atoms with Gasteiger partial charge in [-0.1, -0.05) is 27.7 Å². The van der Waals surface area contributed by atoms with E-state index in [0.29, 0.717) is 28.4 Å². The molecule has 2 unspecified atom stereocenters. The SMILES string of the molecule is CC(C)CC1CN(c2ccc(Br)c(F)c2)C(C(C)C)CN1. The summed E-state index contributed by atoms with van der Waals surface area (Å²) in [5, 5.41) is 3.66. The van der Waals surface area contributed by atoms with Gasteiger partial charge in [0.25, 0.3) is 0 Å². The van der Waals surface area contributed by atoms with E-state index in [0.717, 1.165) is 25.2 Å². The van der Waals surface area contributed by atoms with E-state index in [1.54, 1.807) is 6.07 Å². The summed E-state index contributed by atoms with van der Waals surface area (Å²) in [5.74, 6) is 1.01. The molecule has 0 amide bonds. The Morgan fingerprint density at radius 2 is 2.05 bits per heavy atom. The Kier molecular flexibility index (Phi) is 5.67. The molecule has 0 saturated carbocycles. The van der Waals surface area contributed by atoms with E-state index in [2.05, 4.69) is 53.8 Å². The zero-order chi connectivity index (χ0) is 15.6. The molecule has 2 atom stereocenters. The molecule has 1 aliphatic heterocycles. The van der Waals surface area contributed by atoms with Crippen LogP contribution in [0.1, 0.15) is 34.1 Å². The Balaban J connectivity index is 2.22. The third-order valence-corrected chi connectivity index (χ3v) is 4.84. The average molecular weight is 357 g/mol. The summed E-state index contributed by atoms with van der Waals surface area (Å²) >= 11 is 3.24. The Morgan fingerprint density at radius 1 is 1.33 bits per heavy atom. The van der Waals surface area contributed by atoms with Gasteiger partial charge in [-0.15, -0.1) is 0 Å². The molecule has 1 N–H and O–H groups in total. The second-order valence-electron chi connectivity index (χ2n) is 6.80. The Bertz CT molecular complexity index is 476. The third-order valence-electron chi connectivity index (χ3n) is 4.19. The summed E-state index contributed by atoms with van der Waals surface area (Å²) in [6, 6.07) is 6.36. The number of halogens is 2. The van der Waals surface area contributed by atoms with Gasteiger partial charge in [0.1, 0.15) is 5.82 Å². The summed E-state index contributed by atoms with van der Waals surface area (Å²) in [4.78, 5) is 2.38. The lowest BCUT2D eigenvalue weighted by atomic mass is 9.94. The maximum absolute atomic E-state index is 13.9. The van der Waals surface area contributed by atoms with E-state index in [4.69, 9.17) is 0 Å². The fourth-order valence-corrected chi connectivity index (χ4v) is 3.36. The minimum absolute atomic E-state index is 0.186. The van der Waals surface area contributed by atoms with Gasteiger partial charge in [-0.25, -0.2) is 4.39 Å². The van der Waals surface area contributed by atoms with E-state index in [9.17, 15) is 4.39 Å². The smallest absolute Gasteiger partial charge is 0.139 e. The fraction of sp³-hybridized carbons (Fsp3) is 0.647. The zero-order valence-corrected chi connectivity index (χ0v) is 15.0. The first-order valence-corrected chi connectivity index (χ1v) is 8.62. The number of nitrogens with one attached hydrogen (secondary N) is 1. The van der Waals surface area contributed by atoms with Crippen molar-refractivity contribution in [1.29, 1.82) is 0 Å². The number of nitrogens with zero attached hydrogens (tertiary/aromatic N) is 1. The fourth-order valence-electron chi connectivity index (χ4n) is 3.12. The molecule has 1 fully saturated rings. The molecule has 2 rings (SSSR count). The van der Waals surface area contributed by atoms with Gasteiger partial charge in [-0.2, -0.15) is 0 Å². The van der Waals surface area contributed by atoms with Gasteiger partial charge in [0.2, 0.25) is 0 Å². The van der Waals surface area contributed by atoms with Crippen molar-refractivity contribution < 1.29 is 4.39 Å². The highest BCUT2D eigenvalue weighted by molar-refractivity contribution is 9.10. The van der Waals surface area contributed by atoms with Gasteiger partial charge >= 0.3 is 0 Å². The Morgan fingerprint density at radius 3 is 2.62 bits per heavy atom. The highest BCUT2D eigenvalue weighted by atomic mass is 79.9. The highest BCUT2D eigenvalue weighted by Gasteiger charge is 2.30. The summed E-state index contributed by atoms with van der Waals surface area (Å²) in [6.07, 6.45) is 1.15. The first-order chi connectivity index (χ1) is 9.88. The molecule has 118 valence electrons. The predicted octanol–water partition coefficient (Wildman–Crippen LogP) is 4.44. The van der Waals surface area contributed by atoms with E-state index < -0.39 is 0 Å². The van der Waals surface area contributed by atoms with Gasteiger partial charge in [-0.05, 0) is 52.4 Å². The van der Waals surface area contributed by atoms with Crippen molar-refractivity contribution >= 4 is 21.6 Å². The molecule has 1 aliphatic rings. The quantitative estimate of drug-likeness (QED) is 0.857. The van der Waals surface area contributed by atoms with E-state index in [1.165, 1.54) is 0 Å². The van der Waals surface area contributed by atoms with Crippen LogP contribution in [0.3, 0.4) is 0 Å². The average Bonchev–Trinajstić information content (AvgIpc) is 2.41. The summed E-state index contributed by atoms with van der Waals surface area (Å²) in [5.41, 5.74) is 0.990. The van der Waals surface area contributed by atoms with Gasteiger partial charge in [0.15, 0.2) is 0 Å². The molecule has 0 aromatic heterocycles. The van der Waals surface area contributed by atoms with Crippen molar-refractivity contribution in [2.24, 2.45) is 11.8 Å². The van der Waals surface area contributed by atoms with Crippen LogP contribution in [0, 0.1) is 17.7 Å². The summed E-state index contributed by atoms with van der Waals surface area (Å²) in [7, 11) is 0. The first-order valence-electron chi connectivity index (χ1n) is 7.83. The lowest BCUT2D eigenvalue weighted by Crippen LogP contribution is -2.58. The number of piperazine rings is 1. The van der Waals surface area contributed by atoms with E-state index in [-0.39, 0.29) is 5.82 Å². The number of hydrogen-bond donors (Lipinski definition) is 1. The molecule has 0 radical (unpaired) electrons. The van der Waals surface area contributed by atoms with E-state index in [1.807, 2.05) is 12.1 Å². The third kappa shape index (κ3) is 4.19. The summed E-state index contributed by atoms with van der Waals surface area (Å²) < 4.78 is 14.4. The van der Waals surface area contributed by atoms with Crippen LogP contribution in [0.15, 0.2) is 22.7 Å². The molecular weight excluding hydrogens is 331 g/mol. The number of hydrogen-bond acceptors (Lipinski definition) is 2. The van der Waals surface area contributed by atoms with E-state index >= 15 is 0 Å². The van der Waals surface area contributed by atoms with Crippen LogP contribution < -0.4 is 10.2 Å². The van der Waals surface area contributed by atoms with Crippen molar-refractivity contribution in [3.63, 3.8) is 0 Å². The normalized spacial score (nSPS) is 23.1. The molecule has 0 aliphatic carbocycles. The summed E-state index contributed by atoms with van der Waals surface area (Å²) in [6.45, 7) is 10.9. The van der Waals surface area contributed by atoms with Crippen LogP contribution in [0.2, 0.25) is 0 Å². The highest BCUT2D eigenvalue weighted by Crippen LogP contribution is 2.28. The molecular formula is C17H26BrFN2. The van der Waals surface area contributed by atoms with Crippen LogP contribution in [0.25, 0.3) is 0 Å². The topological polar surface area (TPSA) is 15.3 Å². The second-order valence-corrected chi connectivity index (χ2v) is 7.65. The van der Waals surface area contributed by atoms with Crippen LogP contribution in [0.4, 0.5) is 10.1 Å². The maximum Gasteiger partial charge on any atom is 0.139 e. The lowest BCUT2D eigenvalue weighted by Gasteiger charge is -2.44. The number of anilines is 1. The lowest BCUT2D eigenvalue weighted by molar-refractivity contribution is 0.310. The molecule has 0 spiro atoms. The van der Waals surface area contributed by atoms with Crippen molar-refractivity contribution in [2.75, 3.05) is 18.0 Å². The van der Waals surface area contributed by atoms with Crippen LogP contribution in [-0.2, 0) is 0 Å². The van der Waals surface area contributed by atoms with Gasteiger partial charge in [0.05, 0.1) is 4.47 Å². The van der Waals surface area contributed by atoms with Crippen molar-refractivity contribution in [3.8, 4) is 0 Å². The maximum atomic E-state index is 13.9. The molecule has 1 aromatic rings. The first kappa shape index (κ1) is 16.8. The molecule has 21 heavy (non-hydrogen) atoms. The van der Waals surface area contributed by atoms with Crippen LogP contribution >= 0.6 is 15.9 Å². The monoisotopic (exact) mass is 356 g/mol. The zero-order valence-electron chi connectivity index (χ0n) is 13.4. The minimum atomic E-state index is -0.186. The molecule has 0 bridgehead atoms. The minimum Gasteiger partial charge on any atom is -0.365 e. The molecule has 1 aromatic carbocycles. The van der Waals surface area contributed by atoms with Crippen molar-refractivity contribution in [1.82, 2.24) is 5.32 Å². The van der Waals surface area contributed by atoms with Crippen LogP contribution in [-0.4, -0.2) is 25.2 Å². The van der Waals surface area contributed by atoms with Crippen LogP contribution in [0.5, 0.6) is 0 Å². The van der Waals surface area contributed by atoms with Gasteiger partial charge in [-0.3, -0.25) is 0 Å². The molecule has 2 nitrogen and oxygen atoms in total. The predicted molar refractivity (Wildman–Crippen MR) is 91.3 cm³/mol. The largest absolute Gasteiger partial charge is 0.365 e. The van der Waals surface area contributed by atoms with Crippen molar-refractivity contribution in [3.05, 3.63) is 28.5 Å². The standard InChI is InChI=1S/C17H26BrFN2/c1-11(2)7-13-10-21(17(9-20-13)12(3)4)14-5-6-15(18)16(19)8-14/h5-6,8,11-13,17,20H,7,9-10H2,1-4H3. The van der Waals surface area contributed by atoms with Gasteiger partial charge < -0.3 is 10.2 Å². The van der Waals surface area contributed by atoms with Crippen molar-refractivity contribution in [2.45, 2.75) is 46.2 Å². The molecule has 4 heteroatoms. The Hall–Kier alpha value is -0.610.